The van der Waals surface area contributed by atoms with E-state index in [-0.39, 0.29) is 5.92 Å². The molecule has 0 aliphatic heterocycles. The van der Waals surface area contributed by atoms with Gasteiger partial charge in [0.25, 0.3) is 0 Å². The fraction of sp³-hybridized carbons (Fsp3) is 0.719. The van der Waals surface area contributed by atoms with E-state index >= 15 is 0 Å². The number of carboxylic acids is 1. The molecule has 0 saturated carbocycles. The summed E-state index contributed by atoms with van der Waals surface area (Å²) in [5, 5.41) is 9.04. The van der Waals surface area contributed by atoms with Gasteiger partial charge in [-0.05, 0) is 87.4 Å². The first kappa shape index (κ1) is 32.4. The van der Waals surface area contributed by atoms with Gasteiger partial charge in [-0.2, -0.15) is 0 Å². The molecule has 0 amide bonds. The average molecular weight is 473 g/mol. The number of hydrogen-bond donors (Lipinski definition) is 1. The molecule has 7 unspecified atom stereocenters. The molecule has 0 rings (SSSR count). The Morgan fingerprint density at radius 2 is 1.47 bits per heavy atom. The molecule has 0 bridgehead atoms. The Labute approximate surface area is 212 Å². The average Bonchev–Trinajstić information content (AvgIpc) is 2.70. The van der Waals surface area contributed by atoms with Crippen LogP contribution in [0.1, 0.15) is 107 Å². The van der Waals surface area contributed by atoms with E-state index in [2.05, 4.69) is 85.4 Å². The standard InChI is InChI=1S/C32H56O2/c1-10-11-15-24(2)18-27(5)20-29(7)22-30(8)21-28(6)19-25(3)16-13-12-14-17-26(4)23-31(9)32(33)34/h10-11,13,15-16,21,24-29,31H,1,12,14,17-20,22-23H2,2-9H3,(H,33,34). The predicted octanol–water partition coefficient (Wildman–Crippen LogP) is 9.89. The normalized spacial score (nSPS) is 19.0. The maximum Gasteiger partial charge on any atom is 0.306 e. The minimum absolute atomic E-state index is 0.233. The van der Waals surface area contributed by atoms with Crippen molar-refractivity contribution in [2.45, 2.75) is 107 Å². The van der Waals surface area contributed by atoms with Crippen molar-refractivity contribution in [1.29, 1.82) is 0 Å². The van der Waals surface area contributed by atoms with E-state index in [0.29, 0.717) is 23.7 Å². The molecule has 34 heavy (non-hydrogen) atoms. The Bertz CT molecular complexity index is 641. The summed E-state index contributed by atoms with van der Waals surface area (Å²) >= 11 is 0. The Kier molecular flexibility index (Phi) is 17.9. The molecular formula is C32H56O2. The van der Waals surface area contributed by atoms with Crippen LogP contribution >= 0.6 is 0 Å². The van der Waals surface area contributed by atoms with Crippen LogP contribution in [0.3, 0.4) is 0 Å². The molecule has 0 heterocycles. The second-order valence-corrected chi connectivity index (χ2v) is 11.6. The van der Waals surface area contributed by atoms with Crippen LogP contribution in [-0.4, -0.2) is 11.1 Å². The number of carbonyl (C=O) groups is 1. The lowest BCUT2D eigenvalue weighted by molar-refractivity contribution is -0.141. The molecule has 7 atom stereocenters. The first-order valence-electron chi connectivity index (χ1n) is 13.8. The van der Waals surface area contributed by atoms with Gasteiger partial charge >= 0.3 is 5.97 Å². The smallest absolute Gasteiger partial charge is 0.306 e. The van der Waals surface area contributed by atoms with Crippen LogP contribution in [0, 0.1) is 41.4 Å². The predicted molar refractivity (Wildman–Crippen MR) is 151 cm³/mol. The van der Waals surface area contributed by atoms with Gasteiger partial charge in [-0.3, -0.25) is 4.79 Å². The summed E-state index contributed by atoms with van der Waals surface area (Å²) < 4.78 is 0. The Hall–Kier alpha value is -1.57. The summed E-state index contributed by atoms with van der Waals surface area (Å²) in [4.78, 5) is 11.0. The van der Waals surface area contributed by atoms with Crippen molar-refractivity contribution in [3.05, 3.63) is 48.6 Å². The molecule has 0 fully saturated rings. The van der Waals surface area contributed by atoms with E-state index in [1.165, 1.54) is 31.3 Å². The zero-order valence-electron chi connectivity index (χ0n) is 23.7. The van der Waals surface area contributed by atoms with Gasteiger partial charge in [-0.25, -0.2) is 0 Å². The van der Waals surface area contributed by atoms with Crippen molar-refractivity contribution in [3.8, 4) is 0 Å². The molecule has 0 aliphatic carbocycles. The van der Waals surface area contributed by atoms with Crippen LogP contribution in [0.4, 0.5) is 0 Å². The molecule has 0 saturated heterocycles. The SMILES string of the molecule is C=CC=CC(C)CC(C)CC(C)CC(C)=CC(C)CC(C)C=CCCCC(C)CC(C)C(=O)O. The molecule has 2 nitrogen and oxygen atoms in total. The van der Waals surface area contributed by atoms with Gasteiger partial charge in [0.15, 0.2) is 0 Å². The third-order valence-corrected chi connectivity index (χ3v) is 6.85. The van der Waals surface area contributed by atoms with Gasteiger partial charge in [0.05, 0.1) is 5.92 Å². The van der Waals surface area contributed by atoms with Gasteiger partial charge in [0.1, 0.15) is 0 Å². The summed E-state index contributed by atoms with van der Waals surface area (Å²) in [6.45, 7) is 21.8. The van der Waals surface area contributed by atoms with Crippen molar-refractivity contribution in [1.82, 2.24) is 0 Å². The second-order valence-electron chi connectivity index (χ2n) is 11.6. The number of allylic oxidation sites excluding steroid dienone is 7. The third-order valence-electron chi connectivity index (χ3n) is 6.85. The zero-order chi connectivity index (χ0) is 26.1. The maximum absolute atomic E-state index is 11.0. The number of rotatable bonds is 19. The fourth-order valence-corrected chi connectivity index (χ4v) is 5.42. The number of aliphatic carboxylic acids is 1. The number of hydrogen-bond acceptors (Lipinski definition) is 1. The topological polar surface area (TPSA) is 37.3 Å². The molecule has 0 spiro atoms. The van der Waals surface area contributed by atoms with Crippen LogP contribution in [0.5, 0.6) is 0 Å². The molecule has 0 aromatic heterocycles. The molecule has 1 N–H and O–H groups in total. The first-order valence-corrected chi connectivity index (χ1v) is 13.8. The highest BCUT2D eigenvalue weighted by Crippen LogP contribution is 2.26. The highest BCUT2D eigenvalue weighted by molar-refractivity contribution is 5.69. The highest BCUT2D eigenvalue weighted by atomic mass is 16.4. The molecular weight excluding hydrogens is 416 g/mol. The number of carboxylic acid groups (broad SMARTS) is 1. The maximum atomic E-state index is 11.0. The van der Waals surface area contributed by atoms with E-state index in [9.17, 15) is 4.79 Å². The van der Waals surface area contributed by atoms with Crippen molar-refractivity contribution in [3.63, 3.8) is 0 Å². The van der Waals surface area contributed by atoms with Gasteiger partial charge in [0.2, 0.25) is 0 Å². The summed E-state index contributed by atoms with van der Waals surface area (Å²) in [6, 6.07) is 0. The van der Waals surface area contributed by atoms with E-state index in [0.717, 1.165) is 37.5 Å². The van der Waals surface area contributed by atoms with Gasteiger partial charge in [0, 0.05) is 0 Å². The molecule has 0 aliphatic rings. The molecule has 0 aromatic carbocycles. The van der Waals surface area contributed by atoms with E-state index < -0.39 is 5.97 Å². The minimum Gasteiger partial charge on any atom is -0.481 e. The first-order chi connectivity index (χ1) is 15.9. The van der Waals surface area contributed by atoms with Gasteiger partial charge in [-0.15, -0.1) is 0 Å². The summed E-state index contributed by atoms with van der Waals surface area (Å²) in [7, 11) is 0. The van der Waals surface area contributed by atoms with Crippen LogP contribution in [0.2, 0.25) is 0 Å². The van der Waals surface area contributed by atoms with E-state index in [1.54, 1.807) is 0 Å². The number of unbranched alkanes of at least 4 members (excludes halogenated alkanes) is 1. The fourth-order valence-electron chi connectivity index (χ4n) is 5.42. The lowest BCUT2D eigenvalue weighted by atomic mass is 9.86. The summed E-state index contributed by atoms with van der Waals surface area (Å²) in [6.07, 6.45) is 22.4. The highest BCUT2D eigenvalue weighted by Gasteiger charge is 2.15. The lowest BCUT2D eigenvalue weighted by Gasteiger charge is -2.20. The Balaban J connectivity index is 4.25. The molecule has 0 aromatic rings. The Morgan fingerprint density at radius 1 is 0.824 bits per heavy atom. The monoisotopic (exact) mass is 472 g/mol. The van der Waals surface area contributed by atoms with Crippen LogP contribution in [-0.2, 0) is 4.79 Å². The Morgan fingerprint density at radius 3 is 2.09 bits per heavy atom. The third kappa shape index (κ3) is 17.8. The second kappa shape index (κ2) is 18.7. The van der Waals surface area contributed by atoms with E-state index in [1.807, 2.05) is 13.0 Å². The van der Waals surface area contributed by atoms with Crippen molar-refractivity contribution in [2.24, 2.45) is 41.4 Å². The minimum atomic E-state index is -0.676. The summed E-state index contributed by atoms with van der Waals surface area (Å²) in [5.41, 5.74) is 1.53. The van der Waals surface area contributed by atoms with Crippen molar-refractivity contribution in [2.75, 3.05) is 0 Å². The molecule has 0 radical (unpaired) electrons. The largest absolute Gasteiger partial charge is 0.481 e. The van der Waals surface area contributed by atoms with Gasteiger partial charge in [-0.1, -0.05) is 103 Å². The van der Waals surface area contributed by atoms with Gasteiger partial charge < -0.3 is 5.11 Å². The lowest BCUT2D eigenvalue weighted by Crippen LogP contribution is -2.13. The molecule has 2 heteroatoms. The van der Waals surface area contributed by atoms with Crippen LogP contribution in [0.25, 0.3) is 0 Å². The summed E-state index contributed by atoms with van der Waals surface area (Å²) in [5.74, 6) is 2.86. The van der Waals surface area contributed by atoms with Crippen molar-refractivity contribution >= 4 is 5.97 Å². The van der Waals surface area contributed by atoms with Crippen molar-refractivity contribution < 1.29 is 9.90 Å². The van der Waals surface area contributed by atoms with Crippen LogP contribution in [0.15, 0.2) is 48.6 Å². The van der Waals surface area contributed by atoms with E-state index in [4.69, 9.17) is 5.11 Å². The van der Waals surface area contributed by atoms with Crippen LogP contribution < -0.4 is 0 Å². The molecule has 196 valence electrons. The quantitative estimate of drug-likeness (QED) is 0.115. The zero-order valence-corrected chi connectivity index (χ0v) is 23.7.